The number of pyridine rings is 1. The molecule has 0 amide bonds. The van der Waals surface area contributed by atoms with E-state index >= 15 is 0 Å². The predicted octanol–water partition coefficient (Wildman–Crippen LogP) is 0.863. The Morgan fingerprint density at radius 2 is 2.25 bits per heavy atom. The highest BCUT2D eigenvalue weighted by molar-refractivity contribution is 5.86. The molecule has 0 spiro atoms. The summed E-state index contributed by atoms with van der Waals surface area (Å²) < 4.78 is 0. The summed E-state index contributed by atoms with van der Waals surface area (Å²) in [7, 11) is 3.77. The first-order chi connectivity index (χ1) is 7.59. The fourth-order valence-corrected chi connectivity index (χ4v) is 1.77. The van der Waals surface area contributed by atoms with E-state index in [0.717, 1.165) is 0 Å². The number of hydrogen-bond donors (Lipinski definition) is 3. The van der Waals surface area contributed by atoms with Gasteiger partial charge in [-0.3, -0.25) is 0 Å². The van der Waals surface area contributed by atoms with Gasteiger partial charge < -0.3 is 20.1 Å². The molecule has 0 saturated carbocycles. The van der Waals surface area contributed by atoms with Gasteiger partial charge in [-0.05, 0) is 20.2 Å². The van der Waals surface area contributed by atoms with Crippen LogP contribution < -0.4 is 0 Å². The molecule has 2 aromatic rings. The van der Waals surface area contributed by atoms with Crippen LogP contribution >= 0.6 is 0 Å². The van der Waals surface area contributed by atoms with E-state index < -0.39 is 6.10 Å². The van der Waals surface area contributed by atoms with E-state index in [2.05, 4.69) is 9.97 Å². The van der Waals surface area contributed by atoms with Gasteiger partial charge in [-0.1, -0.05) is 0 Å². The standard InChI is InChI=1S/C11H15N3O2/c1-14(2)6-9(16)7-5-13-11-10(7)8(15)3-4-12-11/h3-5,9,16H,6H2,1-2H3,(H2,12,13,15). The van der Waals surface area contributed by atoms with Crippen LogP contribution in [-0.2, 0) is 0 Å². The molecule has 0 fully saturated rings. The van der Waals surface area contributed by atoms with Gasteiger partial charge in [0.05, 0.1) is 11.5 Å². The average Bonchev–Trinajstić information content (AvgIpc) is 2.61. The fraction of sp³-hybridized carbons (Fsp3) is 0.364. The van der Waals surface area contributed by atoms with Crippen LogP contribution in [0.25, 0.3) is 11.0 Å². The lowest BCUT2D eigenvalue weighted by Gasteiger charge is -2.15. The molecule has 2 aromatic heterocycles. The molecule has 1 unspecified atom stereocenters. The van der Waals surface area contributed by atoms with Gasteiger partial charge in [0.15, 0.2) is 0 Å². The van der Waals surface area contributed by atoms with Crippen LogP contribution in [-0.4, -0.2) is 45.7 Å². The van der Waals surface area contributed by atoms with Gasteiger partial charge in [0.1, 0.15) is 11.4 Å². The molecule has 2 rings (SSSR count). The minimum absolute atomic E-state index is 0.138. The number of likely N-dealkylation sites (N-methyl/N-ethyl adjacent to an activating group) is 1. The number of rotatable bonds is 3. The molecule has 5 nitrogen and oxygen atoms in total. The van der Waals surface area contributed by atoms with Gasteiger partial charge >= 0.3 is 0 Å². The second kappa shape index (κ2) is 4.11. The maximum absolute atomic E-state index is 10.0. The lowest BCUT2D eigenvalue weighted by atomic mass is 10.1. The largest absolute Gasteiger partial charge is 0.507 e. The minimum atomic E-state index is -0.640. The van der Waals surface area contributed by atoms with Crippen LogP contribution in [0.5, 0.6) is 5.75 Å². The Labute approximate surface area is 93.3 Å². The Bertz CT molecular complexity index is 493. The third-order valence-electron chi connectivity index (χ3n) is 2.48. The van der Waals surface area contributed by atoms with Crippen molar-refractivity contribution in [1.29, 1.82) is 0 Å². The topological polar surface area (TPSA) is 72.4 Å². The number of hydrogen-bond acceptors (Lipinski definition) is 4. The van der Waals surface area contributed by atoms with Crippen molar-refractivity contribution in [2.24, 2.45) is 0 Å². The zero-order valence-corrected chi connectivity index (χ0v) is 9.31. The number of aliphatic hydroxyl groups excluding tert-OH is 1. The summed E-state index contributed by atoms with van der Waals surface area (Å²) in [5.74, 6) is 0.138. The monoisotopic (exact) mass is 221 g/mol. The Kier molecular flexibility index (Phi) is 2.80. The van der Waals surface area contributed by atoms with E-state index in [-0.39, 0.29) is 5.75 Å². The molecule has 16 heavy (non-hydrogen) atoms. The summed E-state index contributed by atoms with van der Waals surface area (Å²) in [5.41, 5.74) is 1.27. The maximum Gasteiger partial charge on any atom is 0.141 e. The molecule has 1 atom stereocenters. The molecule has 0 aromatic carbocycles. The SMILES string of the molecule is CN(C)CC(O)c1c[nH]c2nccc(O)c12. The Morgan fingerprint density at radius 3 is 2.94 bits per heavy atom. The van der Waals surface area contributed by atoms with E-state index in [4.69, 9.17) is 0 Å². The summed E-state index contributed by atoms with van der Waals surface area (Å²) in [5, 5.41) is 20.3. The lowest BCUT2D eigenvalue weighted by Crippen LogP contribution is -2.19. The Morgan fingerprint density at radius 1 is 1.50 bits per heavy atom. The van der Waals surface area contributed by atoms with Crippen molar-refractivity contribution in [2.75, 3.05) is 20.6 Å². The number of aromatic hydroxyl groups is 1. The van der Waals surface area contributed by atoms with Crippen molar-refractivity contribution >= 4 is 11.0 Å². The van der Waals surface area contributed by atoms with Crippen LogP contribution in [0.4, 0.5) is 0 Å². The van der Waals surface area contributed by atoms with Crippen molar-refractivity contribution < 1.29 is 10.2 Å². The quantitative estimate of drug-likeness (QED) is 0.719. The molecular formula is C11H15N3O2. The van der Waals surface area contributed by atoms with Crippen molar-refractivity contribution in [3.05, 3.63) is 24.0 Å². The molecule has 0 aliphatic carbocycles. The van der Waals surface area contributed by atoms with Crippen LogP contribution in [0, 0.1) is 0 Å². The summed E-state index contributed by atoms with van der Waals surface area (Å²) in [6, 6.07) is 1.52. The molecule has 0 radical (unpaired) electrons. The first kappa shape index (κ1) is 10.9. The number of nitrogens with zero attached hydrogens (tertiary/aromatic N) is 2. The van der Waals surface area contributed by atoms with E-state index in [1.54, 1.807) is 6.20 Å². The van der Waals surface area contributed by atoms with E-state index in [1.165, 1.54) is 12.3 Å². The van der Waals surface area contributed by atoms with Gasteiger partial charge in [0.25, 0.3) is 0 Å². The van der Waals surface area contributed by atoms with Crippen molar-refractivity contribution in [3.63, 3.8) is 0 Å². The average molecular weight is 221 g/mol. The summed E-state index contributed by atoms with van der Waals surface area (Å²) >= 11 is 0. The summed E-state index contributed by atoms with van der Waals surface area (Å²) in [6.45, 7) is 0.501. The highest BCUT2D eigenvalue weighted by Gasteiger charge is 2.16. The summed E-state index contributed by atoms with van der Waals surface area (Å²) in [4.78, 5) is 8.90. The van der Waals surface area contributed by atoms with Gasteiger partial charge in [0, 0.05) is 24.5 Å². The first-order valence-electron chi connectivity index (χ1n) is 5.07. The number of aromatic nitrogens is 2. The van der Waals surface area contributed by atoms with Gasteiger partial charge in [-0.15, -0.1) is 0 Å². The predicted molar refractivity (Wildman–Crippen MR) is 61.3 cm³/mol. The number of nitrogens with one attached hydrogen (secondary N) is 1. The van der Waals surface area contributed by atoms with Crippen molar-refractivity contribution in [3.8, 4) is 5.75 Å². The summed E-state index contributed by atoms with van der Waals surface area (Å²) in [6.07, 6.45) is 2.57. The van der Waals surface area contributed by atoms with Crippen molar-refractivity contribution in [1.82, 2.24) is 14.9 Å². The Hall–Kier alpha value is -1.59. The molecule has 5 heteroatoms. The van der Waals surface area contributed by atoms with Crippen molar-refractivity contribution in [2.45, 2.75) is 6.10 Å². The number of aromatic amines is 1. The van der Waals surface area contributed by atoms with Crippen LogP contribution in [0.3, 0.4) is 0 Å². The maximum atomic E-state index is 10.0. The first-order valence-corrected chi connectivity index (χ1v) is 5.07. The molecule has 0 aliphatic heterocycles. The molecule has 0 aliphatic rings. The highest BCUT2D eigenvalue weighted by Crippen LogP contribution is 2.30. The van der Waals surface area contributed by atoms with Crippen LogP contribution in [0.2, 0.25) is 0 Å². The lowest BCUT2D eigenvalue weighted by molar-refractivity contribution is 0.139. The molecule has 0 saturated heterocycles. The van der Waals surface area contributed by atoms with E-state index in [0.29, 0.717) is 23.1 Å². The fourth-order valence-electron chi connectivity index (χ4n) is 1.77. The molecular weight excluding hydrogens is 206 g/mol. The minimum Gasteiger partial charge on any atom is -0.507 e. The third kappa shape index (κ3) is 1.87. The highest BCUT2D eigenvalue weighted by atomic mass is 16.3. The molecule has 0 bridgehead atoms. The van der Waals surface area contributed by atoms with Gasteiger partial charge in [-0.2, -0.15) is 0 Å². The second-order valence-corrected chi connectivity index (χ2v) is 4.08. The second-order valence-electron chi connectivity index (χ2n) is 4.08. The Balaban J connectivity index is 2.45. The van der Waals surface area contributed by atoms with Crippen LogP contribution in [0.1, 0.15) is 11.7 Å². The van der Waals surface area contributed by atoms with E-state index in [1.807, 2.05) is 19.0 Å². The molecule has 86 valence electrons. The van der Waals surface area contributed by atoms with Gasteiger partial charge in [-0.25, -0.2) is 4.98 Å². The zero-order valence-electron chi connectivity index (χ0n) is 9.31. The number of fused-ring (bicyclic) bond motifs is 1. The number of aliphatic hydroxyl groups is 1. The van der Waals surface area contributed by atoms with Gasteiger partial charge in [0.2, 0.25) is 0 Å². The number of H-pyrrole nitrogens is 1. The smallest absolute Gasteiger partial charge is 0.141 e. The zero-order chi connectivity index (χ0) is 11.7. The normalized spacial score (nSPS) is 13.5. The van der Waals surface area contributed by atoms with Crippen LogP contribution in [0.15, 0.2) is 18.5 Å². The molecule has 2 heterocycles. The third-order valence-corrected chi connectivity index (χ3v) is 2.48. The molecule has 3 N–H and O–H groups in total. The van der Waals surface area contributed by atoms with E-state index in [9.17, 15) is 10.2 Å².